The molecule has 19 heavy (non-hydrogen) atoms. The molecular formula is C11H14BrN3O3S. The van der Waals surface area contributed by atoms with E-state index >= 15 is 0 Å². The third-order valence-electron chi connectivity index (χ3n) is 2.83. The first kappa shape index (κ1) is 14.3. The first-order chi connectivity index (χ1) is 8.80. The molecule has 1 heterocycles. The van der Waals surface area contributed by atoms with Crippen molar-refractivity contribution in [3.05, 3.63) is 32.7 Å². The molecule has 0 radical (unpaired) electrons. The van der Waals surface area contributed by atoms with Gasteiger partial charge in [-0.3, -0.25) is 0 Å². The Morgan fingerprint density at radius 3 is 2.42 bits per heavy atom. The van der Waals surface area contributed by atoms with Gasteiger partial charge in [-0.2, -0.15) is 0 Å². The number of hydrogen-bond acceptors (Lipinski definition) is 4. The summed E-state index contributed by atoms with van der Waals surface area (Å²) in [5.74, 6) is -0.0116. The lowest BCUT2D eigenvalue weighted by molar-refractivity contribution is 0.579. The Balaban J connectivity index is 2.53. The second kappa shape index (κ2) is 5.10. The van der Waals surface area contributed by atoms with Gasteiger partial charge >= 0.3 is 5.69 Å². The molecule has 0 spiro atoms. The number of benzene rings is 1. The summed E-state index contributed by atoms with van der Waals surface area (Å²) in [5, 5.41) is 2.98. The highest BCUT2D eigenvalue weighted by Gasteiger charge is 2.19. The monoisotopic (exact) mass is 347 g/mol. The molecule has 8 heteroatoms. The molecule has 1 aromatic carbocycles. The summed E-state index contributed by atoms with van der Waals surface area (Å²) in [6, 6.07) is 3.19. The van der Waals surface area contributed by atoms with E-state index in [1.54, 1.807) is 19.2 Å². The van der Waals surface area contributed by atoms with Crippen molar-refractivity contribution in [2.45, 2.75) is 6.04 Å². The van der Waals surface area contributed by atoms with Gasteiger partial charge in [0.2, 0.25) is 0 Å². The summed E-state index contributed by atoms with van der Waals surface area (Å²) < 4.78 is 23.6. The highest BCUT2D eigenvalue weighted by molar-refractivity contribution is 9.10. The highest BCUT2D eigenvalue weighted by Crippen LogP contribution is 2.27. The average molecular weight is 348 g/mol. The Bertz CT molecular complexity index is 763. The molecule has 1 atom stereocenters. The molecule has 1 unspecified atom stereocenters. The third kappa shape index (κ3) is 3.26. The lowest BCUT2D eigenvalue weighted by Gasteiger charge is -2.17. The van der Waals surface area contributed by atoms with Gasteiger partial charge in [0.05, 0.1) is 16.8 Å². The topological polar surface area (TPSA) is 94.8 Å². The maximum atomic E-state index is 11.4. The van der Waals surface area contributed by atoms with E-state index in [-0.39, 0.29) is 17.5 Å². The molecule has 3 N–H and O–H groups in total. The summed E-state index contributed by atoms with van der Waals surface area (Å²) in [4.78, 5) is 16.6. The van der Waals surface area contributed by atoms with Crippen molar-refractivity contribution in [2.75, 3.05) is 19.1 Å². The fourth-order valence-electron chi connectivity index (χ4n) is 1.97. The fourth-order valence-corrected chi connectivity index (χ4v) is 3.54. The second-order valence-electron chi connectivity index (χ2n) is 4.43. The van der Waals surface area contributed by atoms with E-state index < -0.39 is 9.84 Å². The standard InChI is InChI=1S/C11H14BrN3O3S/c1-13-10(5-19(2,17)18)6-3-8-9(4-7(6)12)15-11(16)14-8/h3-4,10,13H,5H2,1-2H3,(H2,14,15,16). The first-order valence-corrected chi connectivity index (χ1v) is 8.42. The van der Waals surface area contributed by atoms with E-state index in [4.69, 9.17) is 0 Å². The maximum absolute atomic E-state index is 11.4. The number of aromatic amines is 2. The number of fused-ring (bicyclic) bond motifs is 1. The summed E-state index contributed by atoms with van der Waals surface area (Å²) in [6.45, 7) is 0. The van der Waals surface area contributed by atoms with Gasteiger partial charge in [-0.1, -0.05) is 15.9 Å². The van der Waals surface area contributed by atoms with E-state index in [0.717, 1.165) is 10.0 Å². The molecule has 2 rings (SSSR count). The third-order valence-corrected chi connectivity index (χ3v) is 4.45. The smallest absolute Gasteiger partial charge is 0.312 e. The highest BCUT2D eigenvalue weighted by atomic mass is 79.9. The maximum Gasteiger partial charge on any atom is 0.323 e. The Morgan fingerprint density at radius 1 is 1.32 bits per heavy atom. The van der Waals surface area contributed by atoms with Crippen molar-refractivity contribution in [3.63, 3.8) is 0 Å². The number of imidazole rings is 1. The summed E-state index contributed by atoms with van der Waals surface area (Å²) in [5.41, 5.74) is 1.82. The number of H-pyrrole nitrogens is 2. The molecule has 104 valence electrons. The minimum Gasteiger partial charge on any atom is -0.312 e. The quantitative estimate of drug-likeness (QED) is 0.766. The zero-order valence-corrected chi connectivity index (χ0v) is 12.9. The summed E-state index contributed by atoms with van der Waals surface area (Å²) in [6.07, 6.45) is 1.20. The molecule has 0 amide bonds. The molecule has 0 aliphatic rings. The molecule has 1 aromatic heterocycles. The van der Waals surface area contributed by atoms with Crippen LogP contribution in [0.3, 0.4) is 0 Å². The predicted molar refractivity (Wildman–Crippen MR) is 78.1 cm³/mol. The van der Waals surface area contributed by atoms with Gasteiger partial charge in [0.1, 0.15) is 9.84 Å². The van der Waals surface area contributed by atoms with E-state index in [1.807, 2.05) is 0 Å². The SMILES string of the molecule is CNC(CS(C)(=O)=O)c1cc2[nH]c(=O)[nH]c2cc1Br. The van der Waals surface area contributed by atoms with E-state index in [9.17, 15) is 13.2 Å². The molecule has 0 saturated carbocycles. The predicted octanol–water partition coefficient (Wildman–Crippen LogP) is 0.924. The van der Waals surface area contributed by atoms with Crippen LogP contribution < -0.4 is 11.0 Å². The summed E-state index contributed by atoms with van der Waals surface area (Å²) >= 11 is 3.40. The van der Waals surface area contributed by atoms with E-state index in [1.165, 1.54) is 6.26 Å². The largest absolute Gasteiger partial charge is 0.323 e. The van der Waals surface area contributed by atoms with Gasteiger partial charge < -0.3 is 15.3 Å². The Hall–Kier alpha value is -1.12. The Kier molecular flexibility index (Phi) is 3.84. The van der Waals surface area contributed by atoms with E-state index in [2.05, 4.69) is 31.2 Å². The Labute approximate surface area is 118 Å². The van der Waals surface area contributed by atoms with Gasteiger partial charge in [0.25, 0.3) is 0 Å². The number of nitrogens with one attached hydrogen (secondary N) is 3. The number of aromatic nitrogens is 2. The first-order valence-electron chi connectivity index (χ1n) is 5.56. The van der Waals surface area contributed by atoms with Crippen LogP contribution in [0, 0.1) is 0 Å². The molecule has 2 aromatic rings. The van der Waals surface area contributed by atoms with Crippen molar-refractivity contribution >= 4 is 36.8 Å². The number of rotatable bonds is 4. The van der Waals surface area contributed by atoms with Crippen LogP contribution >= 0.6 is 15.9 Å². The van der Waals surface area contributed by atoms with Crippen molar-refractivity contribution in [2.24, 2.45) is 0 Å². The molecule has 0 saturated heterocycles. The van der Waals surface area contributed by atoms with Crippen LogP contribution in [-0.2, 0) is 9.84 Å². The average Bonchev–Trinajstić information content (AvgIpc) is 2.63. The van der Waals surface area contributed by atoms with Crippen LogP contribution in [0.1, 0.15) is 11.6 Å². The van der Waals surface area contributed by atoms with Gasteiger partial charge in [0.15, 0.2) is 0 Å². The lowest BCUT2D eigenvalue weighted by Crippen LogP contribution is -2.25. The van der Waals surface area contributed by atoms with Crippen LogP contribution in [0.15, 0.2) is 21.4 Å². The van der Waals surface area contributed by atoms with Gasteiger partial charge in [0, 0.05) is 16.8 Å². The summed E-state index contributed by atoms with van der Waals surface area (Å²) in [7, 11) is -1.41. The van der Waals surface area contributed by atoms with E-state index in [0.29, 0.717) is 11.0 Å². The molecule has 6 nitrogen and oxygen atoms in total. The normalized spacial score (nSPS) is 13.8. The van der Waals surface area contributed by atoms with Crippen molar-refractivity contribution in [1.29, 1.82) is 0 Å². The zero-order valence-electron chi connectivity index (χ0n) is 10.5. The van der Waals surface area contributed by atoms with Crippen LogP contribution in [0.5, 0.6) is 0 Å². The lowest BCUT2D eigenvalue weighted by atomic mass is 10.1. The minimum absolute atomic E-state index is 0.0116. The number of hydrogen-bond donors (Lipinski definition) is 3. The second-order valence-corrected chi connectivity index (χ2v) is 7.47. The van der Waals surface area contributed by atoms with Crippen LogP contribution in [0.25, 0.3) is 11.0 Å². The van der Waals surface area contributed by atoms with Gasteiger partial charge in [-0.15, -0.1) is 0 Å². The Morgan fingerprint density at radius 2 is 1.89 bits per heavy atom. The zero-order chi connectivity index (χ0) is 14.2. The molecule has 0 fully saturated rings. The van der Waals surface area contributed by atoms with Crippen LogP contribution in [-0.4, -0.2) is 37.4 Å². The van der Waals surface area contributed by atoms with Crippen molar-refractivity contribution < 1.29 is 8.42 Å². The molecular weight excluding hydrogens is 334 g/mol. The van der Waals surface area contributed by atoms with Gasteiger partial charge in [-0.05, 0) is 24.7 Å². The molecule has 0 aliphatic carbocycles. The molecule has 0 aliphatic heterocycles. The molecule has 0 bridgehead atoms. The number of halogens is 1. The van der Waals surface area contributed by atoms with Crippen LogP contribution in [0.4, 0.5) is 0 Å². The minimum atomic E-state index is -3.11. The van der Waals surface area contributed by atoms with Crippen LogP contribution in [0.2, 0.25) is 0 Å². The fraction of sp³-hybridized carbons (Fsp3) is 0.364. The van der Waals surface area contributed by atoms with Crippen molar-refractivity contribution in [3.8, 4) is 0 Å². The van der Waals surface area contributed by atoms with Gasteiger partial charge in [-0.25, -0.2) is 13.2 Å². The number of sulfone groups is 1. The van der Waals surface area contributed by atoms with Crippen molar-refractivity contribution in [1.82, 2.24) is 15.3 Å².